The lowest BCUT2D eigenvalue weighted by molar-refractivity contribution is -0.115. The van der Waals surface area contributed by atoms with Gasteiger partial charge in [0.25, 0.3) is 0 Å². The van der Waals surface area contributed by atoms with Crippen molar-refractivity contribution in [3.63, 3.8) is 0 Å². The van der Waals surface area contributed by atoms with E-state index in [1.54, 1.807) is 0 Å². The molecule has 25 heavy (non-hydrogen) atoms. The maximum Gasteiger partial charge on any atom is 0.238 e. The molecule has 0 saturated heterocycles. The minimum atomic E-state index is -0.0207. The maximum atomic E-state index is 12.0. The summed E-state index contributed by atoms with van der Waals surface area (Å²) in [5.74, 6) is 1.58. The third kappa shape index (κ3) is 5.33. The minimum absolute atomic E-state index is 0.00456. The molecule has 132 valence electrons. The summed E-state index contributed by atoms with van der Waals surface area (Å²) < 4.78 is 6.01. The van der Waals surface area contributed by atoms with E-state index >= 15 is 0 Å². The molecule has 4 heteroatoms. The molecule has 1 aliphatic carbocycles. The first-order chi connectivity index (χ1) is 12.1. The summed E-state index contributed by atoms with van der Waals surface area (Å²) in [5, 5.41) is 6.17. The van der Waals surface area contributed by atoms with Crippen molar-refractivity contribution in [1.82, 2.24) is 5.32 Å². The molecule has 1 saturated carbocycles. The lowest BCUT2D eigenvalue weighted by Gasteiger charge is -2.17. The van der Waals surface area contributed by atoms with Gasteiger partial charge >= 0.3 is 0 Å². The van der Waals surface area contributed by atoms with Crippen LogP contribution in [0.2, 0.25) is 0 Å². The van der Waals surface area contributed by atoms with Gasteiger partial charge in [0.15, 0.2) is 0 Å². The number of nitrogens with one attached hydrogen (secondary N) is 2. The zero-order valence-corrected chi connectivity index (χ0v) is 14.9. The Hall–Kier alpha value is -2.33. The molecule has 2 aromatic carbocycles. The molecule has 0 radical (unpaired) electrons. The lowest BCUT2D eigenvalue weighted by atomic mass is 10.1. The number of hydrogen-bond acceptors (Lipinski definition) is 3. The van der Waals surface area contributed by atoms with Crippen molar-refractivity contribution in [2.45, 2.75) is 32.8 Å². The van der Waals surface area contributed by atoms with Gasteiger partial charge in [-0.05, 0) is 68.5 Å². The van der Waals surface area contributed by atoms with Gasteiger partial charge in [0, 0.05) is 5.69 Å². The molecule has 0 aromatic heterocycles. The van der Waals surface area contributed by atoms with Crippen LogP contribution in [0.5, 0.6) is 5.75 Å². The molecular formula is C21H26N2O2. The topological polar surface area (TPSA) is 50.4 Å². The fraction of sp³-hybridized carbons (Fsp3) is 0.381. The third-order valence-electron chi connectivity index (χ3n) is 4.47. The largest absolute Gasteiger partial charge is 0.486 e. The maximum absolute atomic E-state index is 12.0. The molecule has 0 spiro atoms. The Morgan fingerprint density at radius 1 is 1.20 bits per heavy atom. The molecule has 0 heterocycles. The first kappa shape index (κ1) is 17.5. The highest BCUT2D eigenvalue weighted by molar-refractivity contribution is 5.93. The van der Waals surface area contributed by atoms with Gasteiger partial charge in [0.05, 0.1) is 6.54 Å². The summed E-state index contributed by atoms with van der Waals surface area (Å²) in [5.41, 5.74) is 2.96. The molecule has 0 aliphatic heterocycles. The van der Waals surface area contributed by atoms with Crippen molar-refractivity contribution >= 4 is 11.6 Å². The van der Waals surface area contributed by atoms with E-state index in [0.717, 1.165) is 35.0 Å². The van der Waals surface area contributed by atoms with Crippen LogP contribution >= 0.6 is 0 Å². The normalized spacial score (nSPS) is 14.8. The summed E-state index contributed by atoms with van der Waals surface area (Å²) in [4.78, 5) is 12.0. The number of amides is 1. The first-order valence-corrected chi connectivity index (χ1v) is 8.94. The second-order valence-corrected chi connectivity index (χ2v) is 6.77. The van der Waals surface area contributed by atoms with Crippen molar-refractivity contribution in [2.24, 2.45) is 5.92 Å². The highest BCUT2D eigenvalue weighted by Gasteiger charge is 2.20. The number of hydrogen-bond donors (Lipinski definition) is 2. The monoisotopic (exact) mass is 338 g/mol. The van der Waals surface area contributed by atoms with Gasteiger partial charge in [0.2, 0.25) is 5.91 Å². The van der Waals surface area contributed by atoms with E-state index in [9.17, 15) is 4.79 Å². The van der Waals surface area contributed by atoms with Gasteiger partial charge in [0.1, 0.15) is 11.9 Å². The van der Waals surface area contributed by atoms with Crippen molar-refractivity contribution in [3.8, 4) is 5.75 Å². The molecule has 2 aromatic rings. The van der Waals surface area contributed by atoms with Gasteiger partial charge in [-0.2, -0.15) is 0 Å². The van der Waals surface area contributed by atoms with E-state index in [0.29, 0.717) is 6.54 Å². The Labute approximate surface area is 149 Å². The van der Waals surface area contributed by atoms with Gasteiger partial charge in [-0.1, -0.05) is 30.3 Å². The van der Waals surface area contributed by atoms with Crippen LogP contribution in [-0.2, 0) is 4.79 Å². The molecular weight excluding hydrogens is 312 g/mol. The van der Waals surface area contributed by atoms with Crippen LogP contribution in [0.15, 0.2) is 48.5 Å². The number of benzene rings is 2. The second kappa shape index (κ2) is 8.17. The Bertz CT molecular complexity index is 711. The van der Waals surface area contributed by atoms with Crippen molar-refractivity contribution < 1.29 is 9.53 Å². The van der Waals surface area contributed by atoms with Crippen LogP contribution < -0.4 is 15.4 Å². The summed E-state index contributed by atoms with van der Waals surface area (Å²) in [6.07, 6.45) is 2.56. The van der Waals surface area contributed by atoms with E-state index in [-0.39, 0.29) is 12.0 Å². The molecule has 1 amide bonds. The predicted octanol–water partition coefficient (Wildman–Crippen LogP) is 4.07. The molecule has 0 bridgehead atoms. The summed E-state index contributed by atoms with van der Waals surface area (Å²) >= 11 is 0. The van der Waals surface area contributed by atoms with Crippen molar-refractivity contribution in [3.05, 3.63) is 59.7 Å². The molecule has 1 fully saturated rings. The summed E-state index contributed by atoms with van der Waals surface area (Å²) in [7, 11) is 0. The average Bonchev–Trinajstić information content (AvgIpc) is 3.42. The summed E-state index contributed by atoms with van der Waals surface area (Å²) in [6.45, 7) is 5.31. The van der Waals surface area contributed by atoms with E-state index in [4.69, 9.17) is 4.74 Å². The fourth-order valence-corrected chi connectivity index (χ4v) is 2.75. The van der Waals surface area contributed by atoms with Crippen LogP contribution in [0.4, 0.5) is 5.69 Å². The highest BCUT2D eigenvalue weighted by Crippen LogP contribution is 2.27. The summed E-state index contributed by atoms with van der Waals surface area (Å²) in [6, 6.07) is 15.9. The number of carbonyl (C=O) groups is 1. The van der Waals surface area contributed by atoms with Gasteiger partial charge in [-0.15, -0.1) is 0 Å². The van der Waals surface area contributed by atoms with E-state index < -0.39 is 0 Å². The number of aryl methyl sites for hydroxylation is 1. The third-order valence-corrected chi connectivity index (χ3v) is 4.47. The van der Waals surface area contributed by atoms with Crippen LogP contribution in [-0.4, -0.2) is 19.0 Å². The van der Waals surface area contributed by atoms with Crippen LogP contribution in [0.3, 0.4) is 0 Å². The molecule has 1 atom stereocenters. The SMILES string of the molecule is Cc1cc(OC(C)c2ccccc2)ccc1NC(=O)CNCC1CC1. The Morgan fingerprint density at radius 3 is 2.64 bits per heavy atom. The fourth-order valence-electron chi connectivity index (χ4n) is 2.75. The van der Waals surface area contributed by atoms with Gasteiger partial charge in [-0.3, -0.25) is 4.79 Å². The average molecular weight is 338 g/mol. The number of anilines is 1. The van der Waals surface area contributed by atoms with E-state index in [1.165, 1.54) is 12.8 Å². The lowest BCUT2D eigenvalue weighted by Crippen LogP contribution is -2.29. The van der Waals surface area contributed by atoms with Crippen molar-refractivity contribution in [2.75, 3.05) is 18.4 Å². The second-order valence-electron chi connectivity index (χ2n) is 6.77. The minimum Gasteiger partial charge on any atom is -0.486 e. The first-order valence-electron chi connectivity index (χ1n) is 8.94. The Kier molecular flexibility index (Phi) is 5.71. The quantitative estimate of drug-likeness (QED) is 0.763. The Morgan fingerprint density at radius 2 is 1.96 bits per heavy atom. The standard InChI is InChI=1S/C21H26N2O2/c1-15-12-19(25-16(2)18-6-4-3-5-7-18)10-11-20(15)23-21(24)14-22-13-17-8-9-17/h3-7,10-12,16-17,22H,8-9,13-14H2,1-2H3,(H,23,24). The highest BCUT2D eigenvalue weighted by atomic mass is 16.5. The van der Waals surface area contributed by atoms with Crippen LogP contribution in [0.1, 0.15) is 37.0 Å². The number of carbonyl (C=O) groups excluding carboxylic acids is 1. The van der Waals surface area contributed by atoms with Crippen LogP contribution in [0, 0.1) is 12.8 Å². The smallest absolute Gasteiger partial charge is 0.238 e. The molecule has 3 rings (SSSR count). The van der Waals surface area contributed by atoms with E-state index in [1.807, 2.05) is 50.2 Å². The Balaban J connectivity index is 1.53. The number of ether oxygens (including phenoxy) is 1. The van der Waals surface area contributed by atoms with Crippen molar-refractivity contribution in [1.29, 1.82) is 0 Å². The van der Waals surface area contributed by atoms with Gasteiger partial charge in [-0.25, -0.2) is 0 Å². The van der Waals surface area contributed by atoms with Gasteiger partial charge < -0.3 is 15.4 Å². The predicted molar refractivity (Wildman–Crippen MR) is 101 cm³/mol. The van der Waals surface area contributed by atoms with E-state index in [2.05, 4.69) is 22.8 Å². The zero-order valence-electron chi connectivity index (χ0n) is 14.9. The number of rotatable bonds is 8. The molecule has 1 aliphatic rings. The zero-order chi connectivity index (χ0) is 17.6. The molecule has 4 nitrogen and oxygen atoms in total. The molecule has 2 N–H and O–H groups in total. The van der Waals surface area contributed by atoms with Crippen LogP contribution in [0.25, 0.3) is 0 Å². The molecule has 1 unspecified atom stereocenters.